The topological polar surface area (TPSA) is 83.2 Å². The molecule has 4 rings (SSSR count). The van der Waals surface area contributed by atoms with Crippen LogP contribution in [0.2, 0.25) is 0 Å². The first kappa shape index (κ1) is 24.6. The van der Waals surface area contributed by atoms with Gasteiger partial charge in [-0.05, 0) is 36.5 Å². The van der Waals surface area contributed by atoms with Crippen LogP contribution in [0, 0.1) is 5.92 Å². The number of carbonyl (C=O) groups is 2. The number of fused-ring (bicyclic) bond motifs is 1. The standard InChI is InChI=1S/C26H28F3N3O3/c27-26(28,29)19-9-6-10-20(14-19)31-24(33)23(13-18-15-30-22-12-5-4-11-21(18)22)32-25(34)35-16-17-7-2-1-3-8-17/h1-5,7-8,11-12,15,19-20,23,30H,6,9-10,13-14,16H2,(H,31,33)(H,32,34)/t19?,20?,23-/m0/s1. The van der Waals surface area contributed by atoms with E-state index in [-0.39, 0.29) is 25.9 Å². The molecule has 0 bridgehead atoms. The SMILES string of the molecule is O=C(N[C@@H](Cc1c[nH]c2ccccc12)C(=O)NC1CCCC(C(F)(F)F)C1)OCc1ccccc1. The van der Waals surface area contributed by atoms with Gasteiger partial charge in [-0.15, -0.1) is 0 Å². The van der Waals surface area contributed by atoms with E-state index in [1.165, 1.54) is 0 Å². The minimum atomic E-state index is -4.29. The highest BCUT2D eigenvalue weighted by Gasteiger charge is 2.42. The number of aromatic nitrogens is 1. The smallest absolute Gasteiger partial charge is 0.408 e. The van der Waals surface area contributed by atoms with E-state index in [2.05, 4.69) is 15.6 Å². The first-order chi connectivity index (χ1) is 16.8. The Morgan fingerprint density at radius 3 is 2.57 bits per heavy atom. The third-order valence-electron chi connectivity index (χ3n) is 6.40. The highest BCUT2D eigenvalue weighted by atomic mass is 19.4. The summed E-state index contributed by atoms with van der Waals surface area (Å²) in [5, 5.41) is 6.26. The van der Waals surface area contributed by atoms with Gasteiger partial charge in [0.2, 0.25) is 5.91 Å². The van der Waals surface area contributed by atoms with E-state index < -0.39 is 36.2 Å². The number of rotatable bonds is 7. The van der Waals surface area contributed by atoms with Crippen LogP contribution < -0.4 is 10.6 Å². The zero-order chi connectivity index (χ0) is 24.8. The number of alkyl carbamates (subject to hydrolysis) is 1. The quantitative estimate of drug-likeness (QED) is 0.426. The molecule has 6 nitrogen and oxygen atoms in total. The largest absolute Gasteiger partial charge is 0.445 e. The van der Waals surface area contributed by atoms with E-state index >= 15 is 0 Å². The Bertz CT molecular complexity index is 1150. The Hall–Kier alpha value is -3.49. The molecule has 9 heteroatoms. The predicted octanol–water partition coefficient (Wildman–Crippen LogP) is 5.24. The Labute approximate surface area is 201 Å². The Balaban J connectivity index is 1.45. The van der Waals surface area contributed by atoms with Gasteiger partial charge in [0.25, 0.3) is 0 Å². The maximum absolute atomic E-state index is 13.2. The summed E-state index contributed by atoms with van der Waals surface area (Å²) in [6, 6.07) is 15.0. The van der Waals surface area contributed by atoms with E-state index in [9.17, 15) is 22.8 Å². The molecule has 2 aromatic carbocycles. The fourth-order valence-corrected chi connectivity index (χ4v) is 4.56. The molecule has 3 N–H and O–H groups in total. The zero-order valence-corrected chi connectivity index (χ0v) is 19.1. The lowest BCUT2D eigenvalue weighted by atomic mass is 9.85. The minimum Gasteiger partial charge on any atom is -0.445 e. The lowest BCUT2D eigenvalue weighted by molar-refractivity contribution is -0.184. The molecule has 3 aromatic rings. The number of aromatic amines is 1. The van der Waals surface area contributed by atoms with Crippen molar-refractivity contribution in [2.75, 3.05) is 0 Å². The van der Waals surface area contributed by atoms with Crippen LogP contribution in [0.1, 0.15) is 36.8 Å². The average molecular weight is 488 g/mol. The van der Waals surface area contributed by atoms with Gasteiger partial charge in [-0.1, -0.05) is 55.0 Å². The van der Waals surface area contributed by atoms with Crippen LogP contribution in [-0.4, -0.2) is 35.2 Å². The highest BCUT2D eigenvalue weighted by Crippen LogP contribution is 2.37. The van der Waals surface area contributed by atoms with Crippen molar-refractivity contribution in [2.24, 2.45) is 5.92 Å². The number of amides is 2. The molecule has 0 spiro atoms. The van der Waals surface area contributed by atoms with Crippen LogP contribution in [0.15, 0.2) is 60.8 Å². The number of hydrogen-bond acceptors (Lipinski definition) is 3. The Morgan fingerprint density at radius 2 is 1.80 bits per heavy atom. The summed E-state index contributed by atoms with van der Waals surface area (Å²) >= 11 is 0. The summed E-state index contributed by atoms with van der Waals surface area (Å²) in [5.74, 6) is -1.96. The van der Waals surface area contributed by atoms with Crippen LogP contribution in [0.5, 0.6) is 0 Å². The van der Waals surface area contributed by atoms with Gasteiger partial charge in [0, 0.05) is 29.6 Å². The monoisotopic (exact) mass is 487 g/mol. The molecule has 1 saturated carbocycles. The summed E-state index contributed by atoms with van der Waals surface area (Å²) in [7, 11) is 0. The number of nitrogens with one attached hydrogen (secondary N) is 3. The Morgan fingerprint density at radius 1 is 1.06 bits per heavy atom. The average Bonchev–Trinajstić information content (AvgIpc) is 3.25. The molecule has 0 saturated heterocycles. The third-order valence-corrected chi connectivity index (χ3v) is 6.40. The van der Waals surface area contributed by atoms with Gasteiger partial charge in [-0.3, -0.25) is 4.79 Å². The van der Waals surface area contributed by atoms with Gasteiger partial charge in [-0.2, -0.15) is 13.2 Å². The van der Waals surface area contributed by atoms with Crippen molar-refractivity contribution < 1.29 is 27.5 Å². The zero-order valence-electron chi connectivity index (χ0n) is 19.1. The second-order valence-corrected chi connectivity index (χ2v) is 8.93. The summed E-state index contributed by atoms with van der Waals surface area (Å²) in [6.07, 6.45) is -2.37. The lowest BCUT2D eigenvalue weighted by Crippen LogP contribution is -2.52. The molecule has 0 aliphatic heterocycles. The summed E-state index contributed by atoms with van der Waals surface area (Å²) in [5.41, 5.74) is 2.48. The number of alkyl halides is 3. The molecule has 0 radical (unpaired) electrons. The molecule has 186 valence electrons. The van der Waals surface area contributed by atoms with Crippen LogP contribution >= 0.6 is 0 Å². The lowest BCUT2D eigenvalue weighted by Gasteiger charge is -2.32. The van der Waals surface area contributed by atoms with E-state index in [1.54, 1.807) is 6.20 Å². The first-order valence-electron chi connectivity index (χ1n) is 11.7. The molecule has 1 heterocycles. The fourth-order valence-electron chi connectivity index (χ4n) is 4.56. The normalized spacial score (nSPS) is 19.2. The number of benzene rings is 2. The summed E-state index contributed by atoms with van der Waals surface area (Å²) in [6.45, 7) is 0.0317. The molecule has 2 amide bonds. The molecular formula is C26H28F3N3O3. The predicted molar refractivity (Wildman–Crippen MR) is 125 cm³/mol. The van der Waals surface area contributed by atoms with Crippen molar-refractivity contribution in [3.63, 3.8) is 0 Å². The number of carbonyl (C=O) groups excluding carboxylic acids is 2. The van der Waals surface area contributed by atoms with Gasteiger partial charge in [0.15, 0.2) is 0 Å². The van der Waals surface area contributed by atoms with Crippen LogP contribution in [-0.2, 0) is 22.6 Å². The fraction of sp³-hybridized carbons (Fsp3) is 0.385. The van der Waals surface area contributed by atoms with Crippen molar-refractivity contribution in [3.8, 4) is 0 Å². The second kappa shape index (κ2) is 10.8. The molecule has 1 aliphatic rings. The molecule has 1 fully saturated rings. The van der Waals surface area contributed by atoms with Crippen molar-refractivity contribution in [2.45, 2.75) is 57.0 Å². The number of H-pyrrole nitrogens is 1. The van der Waals surface area contributed by atoms with Crippen molar-refractivity contribution in [3.05, 3.63) is 71.9 Å². The number of halogens is 3. The van der Waals surface area contributed by atoms with E-state index in [1.807, 2.05) is 54.6 Å². The van der Waals surface area contributed by atoms with Gasteiger partial charge in [-0.25, -0.2) is 4.79 Å². The van der Waals surface area contributed by atoms with Gasteiger partial charge < -0.3 is 20.4 Å². The summed E-state index contributed by atoms with van der Waals surface area (Å²) in [4.78, 5) is 28.8. The van der Waals surface area contributed by atoms with Gasteiger partial charge in [0.05, 0.1) is 5.92 Å². The van der Waals surface area contributed by atoms with Crippen molar-refractivity contribution in [1.82, 2.24) is 15.6 Å². The van der Waals surface area contributed by atoms with E-state index in [0.29, 0.717) is 12.8 Å². The van der Waals surface area contributed by atoms with Crippen LogP contribution in [0.4, 0.5) is 18.0 Å². The number of hydrogen-bond donors (Lipinski definition) is 3. The number of para-hydroxylation sites is 1. The van der Waals surface area contributed by atoms with Crippen molar-refractivity contribution >= 4 is 22.9 Å². The van der Waals surface area contributed by atoms with Crippen LogP contribution in [0.25, 0.3) is 10.9 Å². The number of ether oxygens (including phenoxy) is 1. The molecule has 3 atom stereocenters. The molecule has 35 heavy (non-hydrogen) atoms. The molecule has 2 unspecified atom stereocenters. The van der Waals surface area contributed by atoms with Crippen molar-refractivity contribution in [1.29, 1.82) is 0 Å². The Kier molecular flexibility index (Phi) is 7.63. The van der Waals surface area contributed by atoms with E-state index in [0.717, 1.165) is 22.0 Å². The van der Waals surface area contributed by atoms with E-state index in [4.69, 9.17) is 4.74 Å². The molecule has 1 aromatic heterocycles. The minimum absolute atomic E-state index is 0.0317. The third kappa shape index (κ3) is 6.55. The maximum atomic E-state index is 13.2. The van der Waals surface area contributed by atoms with Gasteiger partial charge >= 0.3 is 12.3 Å². The maximum Gasteiger partial charge on any atom is 0.408 e. The second-order valence-electron chi connectivity index (χ2n) is 8.93. The van der Waals surface area contributed by atoms with Gasteiger partial charge in [0.1, 0.15) is 12.6 Å². The highest BCUT2D eigenvalue weighted by molar-refractivity contribution is 5.88. The summed E-state index contributed by atoms with van der Waals surface area (Å²) < 4.78 is 44.9. The van der Waals surface area contributed by atoms with Crippen LogP contribution in [0.3, 0.4) is 0 Å². The first-order valence-corrected chi connectivity index (χ1v) is 11.7. The molecular weight excluding hydrogens is 459 g/mol. The molecule has 1 aliphatic carbocycles.